The van der Waals surface area contributed by atoms with Gasteiger partial charge in [0, 0.05) is 25.1 Å². The summed E-state index contributed by atoms with van der Waals surface area (Å²) in [7, 11) is 1.75. The Labute approximate surface area is 201 Å². The fraction of sp³-hybridized carbons (Fsp3) is 0.577. The summed E-state index contributed by atoms with van der Waals surface area (Å²) >= 11 is 0. The molecule has 5 rings (SSSR count). The van der Waals surface area contributed by atoms with Crippen molar-refractivity contribution in [1.29, 1.82) is 0 Å². The zero-order valence-corrected chi connectivity index (χ0v) is 20.1. The number of hydrogen-bond acceptors (Lipinski definition) is 8. The molecule has 3 fully saturated rings. The minimum Gasteiger partial charge on any atom is -0.489 e. The fourth-order valence-electron chi connectivity index (χ4n) is 4.73. The summed E-state index contributed by atoms with van der Waals surface area (Å²) in [4.78, 5) is 13.8. The van der Waals surface area contributed by atoms with E-state index in [-0.39, 0.29) is 6.61 Å². The minimum atomic E-state index is 0.160. The normalized spacial score (nSPS) is 19.8. The van der Waals surface area contributed by atoms with Gasteiger partial charge >= 0.3 is 6.01 Å². The lowest BCUT2D eigenvalue weighted by atomic mass is 9.83. The molecule has 0 aliphatic heterocycles. The zero-order valence-electron chi connectivity index (χ0n) is 20.1. The maximum atomic E-state index is 6.57. The second kappa shape index (κ2) is 10.2. The van der Waals surface area contributed by atoms with Crippen LogP contribution in [0.1, 0.15) is 93.1 Å². The van der Waals surface area contributed by atoms with Crippen LogP contribution in [0.4, 0.5) is 0 Å². The highest BCUT2D eigenvalue weighted by molar-refractivity contribution is 5.63. The Kier molecular flexibility index (Phi) is 6.85. The van der Waals surface area contributed by atoms with Crippen molar-refractivity contribution in [1.82, 2.24) is 20.0 Å². The van der Waals surface area contributed by atoms with Crippen molar-refractivity contribution in [2.75, 3.05) is 13.7 Å². The lowest BCUT2D eigenvalue weighted by Gasteiger charge is -2.25. The van der Waals surface area contributed by atoms with Gasteiger partial charge in [-0.05, 0) is 69.6 Å². The van der Waals surface area contributed by atoms with Crippen LogP contribution in [-0.4, -0.2) is 39.7 Å². The third-order valence-corrected chi connectivity index (χ3v) is 7.22. The molecular weight excluding hydrogens is 428 g/mol. The molecule has 0 atom stereocenters. The third-order valence-electron chi connectivity index (χ3n) is 7.22. The first-order valence-corrected chi connectivity index (χ1v) is 12.7. The first-order valence-electron chi connectivity index (χ1n) is 12.7. The van der Waals surface area contributed by atoms with Gasteiger partial charge in [0.15, 0.2) is 0 Å². The molecule has 0 unspecified atom stereocenters. The number of aromatic nitrogens is 3. The molecule has 8 nitrogen and oxygen atoms in total. The summed E-state index contributed by atoms with van der Waals surface area (Å²) in [5.41, 5.74) is 10.4. The Balaban J connectivity index is 1.34. The predicted octanol–water partition coefficient (Wildman–Crippen LogP) is 4.24. The fourth-order valence-corrected chi connectivity index (χ4v) is 4.73. The second-order valence-corrected chi connectivity index (χ2v) is 9.88. The number of ether oxygens (including phenoxy) is 2. The van der Waals surface area contributed by atoms with E-state index in [0.717, 1.165) is 42.8 Å². The maximum absolute atomic E-state index is 6.57. The zero-order chi connectivity index (χ0) is 23.5. The molecule has 0 saturated heterocycles. The lowest BCUT2D eigenvalue weighted by molar-refractivity contribution is 0.153. The Bertz CT molecular complexity index is 1030. The molecule has 2 heterocycles. The minimum absolute atomic E-state index is 0.160. The van der Waals surface area contributed by atoms with E-state index in [2.05, 4.69) is 9.97 Å². The van der Waals surface area contributed by atoms with Crippen molar-refractivity contribution in [2.24, 2.45) is 11.6 Å². The average Bonchev–Trinajstić information content (AvgIpc) is 3.64. The average molecular weight is 465 g/mol. The Morgan fingerprint density at radius 1 is 0.971 bits per heavy atom. The van der Waals surface area contributed by atoms with Gasteiger partial charge in [-0.3, -0.25) is 0 Å². The van der Waals surface area contributed by atoms with Gasteiger partial charge in [0.25, 0.3) is 0 Å². The number of pyridine rings is 1. The van der Waals surface area contributed by atoms with Gasteiger partial charge in [0.1, 0.15) is 12.4 Å². The lowest BCUT2D eigenvalue weighted by Crippen LogP contribution is -2.31. The van der Waals surface area contributed by atoms with Crippen LogP contribution < -0.4 is 21.1 Å². The topological polar surface area (TPSA) is 112 Å². The van der Waals surface area contributed by atoms with Crippen molar-refractivity contribution < 1.29 is 9.47 Å². The molecule has 34 heavy (non-hydrogen) atoms. The summed E-state index contributed by atoms with van der Waals surface area (Å²) in [5.74, 6) is 8.01. The predicted molar refractivity (Wildman–Crippen MR) is 131 cm³/mol. The number of nitrogens with two attached hydrogens (primary N) is 2. The van der Waals surface area contributed by atoms with Crippen LogP contribution in [0, 0.1) is 0 Å². The van der Waals surface area contributed by atoms with Gasteiger partial charge in [-0.25, -0.2) is 15.8 Å². The van der Waals surface area contributed by atoms with Crippen LogP contribution in [0.5, 0.6) is 11.8 Å². The molecule has 0 radical (unpaired) electrons. The summed E-state index contributed by atoms with van der Waals surface area (Å²) in [5, 5.41) is 1.48. The second-order valence-electron chi connectivity index (χ2n) is 9.88. The highest BCUT2D eigenvalue weighted by atomic mass is 16.5. The summed E-state index contributed by atoms with van der Waals surface area (Å²) in [6, 6.07) is 6.27. The van der Waals surface area contributed by atoms with E-state index in [1.54, 1.807) is 13.2 Å². The van der Waals surface area contributed by atoms with Crippen molar-refractivity contribution in [3.8, 4) is 11.8 Å². The number of hydrogen-bond donors (Lipinski definition) is 2. The molecule has 8 heteroatoms. The van der Waals surface area contributed by atoms with Gasteiger partial charge < -0.3 is 20.2 Å². The van der Waals surface area contributed by atoms with Crippen molar-refractivity contribution in [3.05, 3.63) is 47.2 Å². The van der Waals surface area contributed by atoms with E-state index in [9.17, 15) is 0 Å². The summed E-state index contributed by atoms with van der Waals surface area (Å²) in [6.07, 6.45) is 14.0. The molecule has 0 amide bonds. The monoisotopic (exact) mass is 464 g/mol. The first-order chi connectivity index (χ1) is 16.6. The van der Waals surface area contributed by atoms with Crippen LogP contribution in [0.3, 0.4) is 0 Å². The van der Waals surface area contributed by atoms with Gasteiger partial charge in [-0.1, -0.05) is 12.8 Å². The van der Waals surface area contributed by atoms with Crippen LogP contribution in [0.15, 0.2) is 30.1 Å². The smallest absolute Gasteiger partial charge is 0.316 e. The van der Waals surface area contributed by atoms with E-state index < -0.39 is 0 Å². The van der Waals surface area contributed by atoms with Gasteiger partial charge in [0.2, 0.25) is 0 Å². The van der Waals surface area contributed by atoms with E-state index in [1.807, 2.05) is 18.2 Å². The molecule has 182 valence electrons. The Morgan fingerprint density at radius 2 is 1.76 bits per heavy atom. The largest absolute Gasteiger partial charge is 0.489 e. The highest BCUT2D eigenvalue weighted by Crippen LogP contribution is 2.44. The molecule has 0 spiro atoms. The van der Waals surface area contributed by atoms with Crippen LogP contribution in [0.25, 0.3) is 5.70 Å². The van der Waals surface area contributed by atoms with Crippen LogP contribution in [0.2, 0.25) is 0 Å². The van der Waals surface area contributed by atoms with Gasteiger partial charge in [-0.2, -0.15) is 4.98 Å². The Hall–Kier alpha value is -2.87. The molecule has 2 aromatic heterocycles. The number of rotatable bonds is 9. The number of likely N-dealkylation sites (N-methyl/N-ethyl adjacent to an activating group) is 1. The molecule has 0 bridgehead atoms. The molecule has 3 saturated carbocycles. The standard InChI is InChI=1S/C26H36N6O2/c1-32(28)22(16-33-26-29-15-14-20(31-26)17-6-5-7-17)24(27)21-12-13-23(25(30-21)18-10-11-18)34-19-8-3-2-4-9-19/h12-15,17-19H,2-11,16,27-28H2,1H3/b24-22-. The molecular formula is C26H36N6O2. The van der Waals surface area contributed by atoms with Crippen molar-refractivity contribution >= 4 is 5.70 Å². The molecule has 2 aromatic rings. The Morgan fingerprint density at radius 3 is 2.44 bits per heavy atom. The van der Waals surface area contributed by atoms with Crippen LogP contribution >= 0.6 is 0 Å². The summed E-state index contributed by atoms with van der Waals surface area (Å²) in [6.45, 7) is 0.160. The van der Waals surface area contributed by atoms with Gasteiger partial charge in [-0.15, -0.1) is 0 Å². The SMILES string of the molecule is CN(N)/C(COc1nccc(C2CCC2)n1)=C(\N)c1ccc(OC2CCCCC2)c(C2CC2)n1. The number of nitrogens with zero attached hydrogens (tertiary/aromatic N) is 4. The first kappa shape index (κ1) is 22.9. The van der Waals surface area contributed by atoms with E-state index in [4.69, 9.17) is 26.0 Å². The molecule has 4 N–H and O–H groups in total. The summed E-state index contributed by atoms with van der Waals surface area (Å²) < 4.78 is 12.3. The van der Waals surface area contributed by atoms with Crippen LogP contribution in [-0.2, 0) is 0 Å². The molecule has 0 aromatic carbocycles. The van der Waals surface area contributed by atoms with Gasteiger partial charge in [0.05, 0.1) is 34.6 Å². The number of hydrazine groups is 1. The highest BCUT2D eigenvalue weighted by Gasteiger charge is 2.30. The van der Waals surface area contributed by atoms with E-state index >= 15 is 0 Å². The molecule has 3 aliphatic carbocycles. The quantitative estimate of drug-likeness (QED) is 0.419. The third kappa shape index (κ3) is 5.27. The van der Waals surface area contributed by atoms with Crippen molar-refractivity contribution in [3.63, 3.8) is 0 Å². The maximum Gasteiger partial charge on any atom is 0.316 e. The van der Waals surface area contributed by atoms with Crippen molar-refractivity contribution in [2.45, 2.75) is 82.1 Å². The van der Waals surface area contributed by atoms with E-state index in [0.29, 0.717) is 41.0 Å². The van der Waals surface area contributed by atoms with E-state index in [1.165, 1.54) is 43.5 Å². The molecule has 3 aliphatic rings.